The Labute approximate surface area is 112 Å². The van der Waals surface area contributed by atoms with Crippen molar-refractivity contribution < 1.29 is 19.1 Å². The number of amides is 2. The van der Waals surface area contributed by atoms with E-state index in [1.54, 1.807) is 6.07 Å². The lowest BCUT2D eigenvalue weighted by molar-refractivity contribution is 0.0696. The molecule has 0 saturated carbocycles. The molecule has 2 aromatic rings. The third-order valence-electron chi connectivity index (χ3n) is 2.26. The van der Waals surface area contributed by atoms with Crippen molar-refractivity contribution in [2.75, 3.05) is 10.6 Å². The number of urea groups is 1. The van der Waals surface area contributed by atoms with Gasteiger partial charge in [-0.15, -0.1) is 0 Å². The van der Waals surface area contributed by atoms with Gasteiger partial charge in [0.2, 0.25) is 5.95 Å². The van der Waals surface area contributed by atoms with E-state index in [0.717, 1.165) is 12.1 Å². The number of halogens is 1. The summed E-state index contributed by atoms with van der Waals surface area (Å²) in [5.41, 5.74) is -0.358. The minimum atomic E-state index is -1.25. The van der Waals surface area contributed by atoms with Gasteiger partial charge in [-0.1, -0.05) is 0 Å². The van der Waals surface area contributed by atoms with Crippen molar-refractivity contribution in [1.82, 2.24) is 9.97 Å². The monoisotopic (exact) mass is 276 g/mol. The molecule has 1 aromatic carbocycles. The quantitative estimate of drug-likeness (QED) is 0.794. The lowest BCUT2D eigenvalue weighted by Crippen LogP contribution is -2.21. The van der Waals surface area contributed by atoms with E-state index in [4.69, 9.17) is 5.11 Å². The van der Waals surface area contributed by atoms with Crippen LogP contribution in [0.5, 0.6) is 0 Å². The first kappa shape index (κ1) is 13.4. The molecule has 0 fully saturated rings. The predicted octanol–water partition coefficient (Wildman–Crippen LogP) is 1.96. The number of carbonyl (C=O) groups is 2. The van der Waals surface area contributed by atoms with Crippen LogP contribution in [0.1, 0.15) is 10.4 Å². The molecule has 102 valence electrons. The van der Waals surface area contributed by atoms with Crippen molar-refractivity contribution in [2.45, 2.75) is 0 Å². The zero-order valence-electron chi connectivity index (χ0n) is 10.0. The Hall–Kier alpha value is -3.03. The standard InChI is InChI=1S/C12H9FN4O3/c13-8-6-7(10(18)19)2-3-9(8)16-12(20)17-11-14-4-1-5-15-11/h1-6H,(H,18,19)(H2,14,15,16,17,20). The molecule has 20 heavy (non-hydrogen) atoms. The Balaban J connectivity index is 2.06. The molecule has 1 aromatic heterocycles. The van der Waals surface area contributed by atoms with Crippen molar-refractivity contribution in [3.63, 3.8) is 0 Å². The molecule has 2 rings (SSSR count). The van der Waals surface area contributed by atoms with Crippen LogP contribution in [-0.2, 0) is 0 Å². The number of benzene rings is 1. The van der Waals surface area contributed by atoms with Crippen molar-refractivity contribution in [1.29, 1.82) is 0 Å². The zero-order valence-corrected chi connectivity index (χ0v) is 10.0. The second kappa shape index (κ2) is 5.74. The molecule has 0 aliphatic carbocycles. The summed E-state index contributed by atoms with van der Waals surface area (Å²) >= 11 is 0. The van der Waals surface area contributed by atoms with E-state index in [1.165, 1.54) is 18.5 Å². The molecule has 7 nitrogen and oxygen atoms in total. The molecule has 0 bridgehead atoms. The SMILES string of the molecule is O=C(Nc1ncccn1)Nc1ccc(C(=O)O)cc1F. The van der Waals surface area contributed by atoms with Crippen LogP contribution in [0.4, 0.5) is 20.8 Å². The summed E-state index contributed by atoms with van der Waals surface area (Å²) in [7, 11) is 0. The summed E-state index contributed by atoms with van der Waals surface area (Å²) in [5.74, 6) is -2.04. The zero-order chi connectivity index (χ0) is 14.5. The highest BCUT2D eigenvalue weighted by molar-refractivity contribution is 5.99. The number of nitrogens with one attached hydrogen (secondary N) is 2. The molecule has 0 saturated heterocycles. The molecule has 3 N–H and O–H groups in total. The van der Waals surface area contributed by atoms with Gasteiger partial charge in [-0.05, 0) is 24.3 Å². The Bertz CT molecular complexity index is 648. The lowest BCUT2D eigenvalue weighted by atomic mass is 10.2. The minimum Gasteiger partial charge on any atom is -0.478 e. The van der Waals surface area contributed by atoms with Gasteiger partial charge in [-0.2, -0.15) is 0 Å². The Morgan fingerprint density at radius 2 is 1.85 bits per heavy atom. The highest BCUT2D eigenvalue weighted by Gasteiger charge is 2.11. The van der Waals surface area contributed by atoms with Gasteiger partial charge < -0.3 is 10.4 Å². The van der Waals surface area contributed by atoms with Crippen LogP contribution < -0.4 is 10.6 Å². The molecule has 1 heterocycles. The second-order valence-corrected chi connectivity index (χ2v) is 3.65. The molecule has 0 spiro atoms. The number of nitrogens with zero attached hydrogens (tertiary/aromatic N) is 2. The highest BCUT2D eigenvalue weighted by atomic mass is 19.1. The lowest BCUT2D eigenvalue weighted by Gasteiger charge is -2.07. The topological polar surface area (TPSA) is 104 Å². The van der Waals surface area contributed by atoms with E-state index in [9.17, 15) is 14.0 Å². The largest absolute Gasteiger partial charge is 0.478 e. The Morgan fingerprint density at radius 1 is 1.15 bits per heavy atom. The van der Waals surface area contributed by atoms with E-state index in [2.05, 4.69) is 20.6 Å². The summed E-state index contributed by atoms with van der Waals surface area (Å²) in [6.45, 7) is 0. The van der Waals surface area contributed by atoms with Gasteiger partial charge in [0.25, 0.3) is 0 Å². The normalized spacial score (nSPS) is 9.85. The van der Waals surface area contributed by atoms with Gasteiger partial charge in [0.05, 0.1) is 11.3 Å². The van der Waals surface area contributed by atoms with Gasteiger partial charge in [0.15, 0.2) is 0 Å². The number of rotatable bonds is 3. The number of carboxylic acid groups (broad SMARTS) is 1. The van der Waals surface area contributed by atoms with Crippen LogP contribution in [0.25, 0.3) is 0 Å². The third kappa shape index (κ3) is 3.25. The molecule has 0 atom stereocenters. The Kier molecular flexibility index (Phi) is 3.85. The van der Waals surface area contributed by atoms with E-state index in [0.29, 0.717) is 0 Å². The van der Waals surface area contributed by atoms with Crippen LogP contribution in [0.15, 0.2) is 36.7 Å². The molecule has 2 amide bonds. The number of aromatic nitrogens is 2. The summed E-state index contributed by atoms with van der Waals surface area (Å²) in [5, 5.41) is 13.2. The van der Waals surface area contributed by atoms with Crippen LogP contribution in [0.2, 0.25) is 0 Å². The molecular formula is C12H9FN4O3. The van der Waals surface area contributed by atoms with Crippen LogP contribution in [0, 0.1) is 5.82 Å². The van der Waals surface area contributed by atoms with Crippen LogP contribution in [-0.4, -0.2) is 27.1 Å². The molecule has 0 aliphatic rings. The van der Waals surface area contributed by atoms with E-state index >= 15 is 0 Å². The summed E-state index contributed by atoms with van der Waals surface area (Å²) in [4.78, 5) is 29.7. The van der Waals surface area contributed by atoms with Crippen molar-refractivity contribution in [3.8, 4) is 0 Å². The number of hydrogen-bond donors (Lipinski definition) is 3. The molecule has 0 unspecified atom stereocenters. The summed E-state index contributed by atoms with van der Waals surface area (Å²) in [6, 6.07) is 3.99. The third-order valence-corrected chi connectivity index (χ3v) is 2.26. The fourth-order valence-corrected chi connectivity index (χ4v) is 1.37. The number of anilines is 2. The van der Waals surface area contributed by atoms with Gasteiger partial charge in [-0.3, -0.25) is 5.32 Å². The Morgan fingerprint density at radius 3 is 2.45 bits per heavy atom. The number of carbonyl (C=O) groups excluding carboxylic acids is 1. The fraction of sp³-hybridized carbons (Fsp3) is 0. The average molecular weight is 276 g/mol. The van der Waals surface area contributed by atoms with Gasteiger partial charge in [-0.25, -0.2) is 23.9 Å². The first-order valence-corrected chi connectivity index (χ1v) is 5.44. The van der Waals surface area contributed by atoms with Crippen molar-refractivity contribution >= 4 is 23.6 Å². The van der Waals surface area contributed by atoms with Crippen molar-refractivity contribution in [2.24, 2.45) is 0 Å². The smallest absolute Gasteiger partial charge is 0.335 e. The number of carboxylic acids is 1. The first-order chi connectivity index (χ1) is 9.56. The second-order valence-electron chi connectivity index (χ2n) is 3.65. The molecule has 8 heteroatoms. The van der Waals surface area contributed by atoms with Crippen LogP contribution in [0.3, 0.4) is 0 Å². The first-order valence-electron chi connectivity index (χ1n) is 5.44. The summed E-state index contributed by atoms with van der Waals surface area (Å²) in [6.07, 6.45) is 2.87. The molecule has 0 radical (unpaired) electrons. The van der Waals surface area contributed by atoms with Crippen LogP contribution >= 0.6 is 0 Å². The number of hydrogen-bond acceptors (Lipinski definition) is 4. The van der Waals surface area contributed by atoms with E-state index < -0.39 is 17.8 Å². The molecule has 0 aliphatic heterocycles. The van der Waals surface area contributed by atoms with Gasteiger partial charge >= 0.3 is 12.0 Å². The van der Waals surface area contributed by atoms with Gasteiger partial charge in [0, 0.05) is 12.4 Å². The average Bonchev–Trinajstić information content (AvgIpc) is 2.42. The highest BCUT2D eigenvalue weighted by Crippen LogP contribution is 2.16. The fourth-order valence-electron chi connectivity index (χ4n) is 1.37. The maximum absolute atomic E-state index is 13.6. The van der Waals surface area contributed by atoms with Crippen molar-refractivity contribution in [3.05, 3.63) is 48.0 Å². The minimum absolute atomic E-state index is 0.0626. The van der Waals surface area contributed by atoms with E-state index in [1.807, 2.05) is 0 Å². The molecular weight excluding hydrogens is 267 g/mol. The maximum Gasteiger partial charge on any atom is 0.335 e. The summed E-state index contributed by atoms with van der Waals surface area (Å²) < 4.78 is 13.6. The predicted molar refractivity (Wildman–Crippen MR) is 68.0 cm³/mol. The van der Waals surface area contributed by atoms with Gasteiger partial charge in [0.1, 0.15) is 5.82 Å². The number of aromatic carboxylic acids is 1. The maximum atomic E-state index is 13.6. The van der Waals surface area contributed by atoms with E-state index in [-0.39, 0.29) is 17.2 Å².